The van der Waals surface area contributed by atoms with Crippen molar-refractivity contribution in [3.05, 3.63) is 35.7 Å². The monoisotopic (exact) mass is 288 g/mol. The highest BCUT2D eigenvalue weighted by Gasteiger charge is 2.09. The van der Waals surface area contributed by atoms with E-state index in [1.54, 1.807) is 24.3 Å². The first-order valence-corrected chi connectivity index (χ1v) is 6.95. The molecule has 0 radical (unpaired) electrons. The number of benzene rings is 1. The zero-order valence-corrected chi connectivity index (χ0v) is 11.6. The Bertz CT molecular complexity index is 631. The van der Waals surface area contributed by atoms with E-state index in [4.69, 9.17) is 9.68 Å². The lowest BCUT2D eigenvalue weighted by atomic mass is 10.2. The number of carbonyl (C=O) groups excluding carboxylic acids is 1. The molecule has 0 unspecified atom stereocenters. The quantitative estimate of drug-likeness (QED) is 0.848. The lowest BCUT2D eigenvalue weighted by Gasteiger charge is -2.03. The number of carbonyl (C=O) groups is 1. The smallest absolute Gasteiger partial charge is 0.277 e. The molecule has 0 saturated carbocycles. The molecule has 0 aliphatic heterocycles. The minimum absolute atomic E-state index is 0.170. The highest BCUT2D eigenvalue weighted by atomic mass is 32.2. The van der Waals surface area contributed by atoms with E-state index in [2.05, 4.69) is 15.5 Å². The van der Waals surface area contributed by atoms with Gasteiger partial charge in [0.15, 0.2) is 0 Å². The van der Waals surface area contributed by atoms with Crippen LogP contribution in [0.1, 0.15) is 18.4 Å². The van der Waals surface area contributed by atoms with Crippen molar-refractivity contribution in [2.24, 2.45) is 0 Å². The Balaban J connectivity index is 1.84. The van der Waals surface area contributed by atoms with Crippen LogP contribution in [0.2, 0.25) is 0 Å². The van der Waals surface area contributed by atoms with Crippen LogP contribution in [0.3, 0.4) is 0 Å². The number of aromatic nitrogens is 2. The summed E-state index contributed by atoms with van der Waals surface area (Å²) in [7, 11) is 0. The van der Waals surface area contributed by atoms with Crippen molar-refractivity contribution in [2.45, 2.75) is 18.6 Å². The van der Waals surface area contributed by atoms with E-state index in [0.29, 0.717) is 28.8 Å². The maximum absolute atomic E-state index is 11.7. The third kappa shape index (κ3) is 3.83. The van der Waals surface area contributed by atoms with E-state index < -0.39 is 0 Å². The van der Waals surface area contributed by atoms with Crippen LogP contribution in [0.4, 0.5) is 5.69 Å². The number of thioether (sulfide) groups is 1. The molecule has 1 N–H and O–H groups in total. The highest BCUT2D eigenvalue weighted by molar-refractivity contribution is 7.99. The van der Waals surface area contributed by atoms with Gasteiger partial charge in [0, 0.05) is 12.1 Å². The van der Waals surface area contributed by atoms with Crippen molar-refractivity contribution >= 4 is 23.4 Å². The number of nitrogens with zero attached hydrogens (tertiary/aromatic N) is 3. The van der Waals surface area contributed by atoms with Gasteiger partial charge in [0.1, 0.15) is 0 Å². The Labute approximate surface area is 120 Å². The summed E-state index contributed by atoms with van der Waals surface area (Å²) in [6.45, 7) is 1.92. The number of anilines is 1. The largest absolute Gasteiger partial charge is 0.416 e. The zero-order valence-electron chi connectivity index (χ0n) is 10.8. The van der Waals surface area contributed by atoms with E-state index in [-0.39, 0.29) is 11.7 Å². The normalized spacial score (nSPS) is 10.0. The minimum Gasteiger partial charge on any atom is -0.416 e. The predicted octanol–water partition coefficient (Wildman–Crippen LogP) is 2.23. The molecule has 6 nitrogen and oxygen atoms in total. The van der Waals surface area contributed by atoms with Gasteiger partial charge in [-0.3, -0.25) is 4.79 Å². The Morgan fingerprint density at radius 1 is 1.40 bits per heavy atom. The van der Waals surface area contributed by atoms with Crippen LogP contribution >= 0.6 is 11.8 Å². The number of nitriles is 1. The minimum atomic E-state index is -0.170. The average Bonchev–Trinajstić information content (AvgIpc) is 2.94. The maximum atomic E-state index is 11.7. The van der Waals surface area contributed by atoms with Gasteiger partial charge >= 0.3 is 0 Å². The van der Waals surface area contributed by atoms with Crippen LogP contribution in [-0.2, 0) is 11.2 Å². The Hall–Kier alpha value is -2.33. The van der Waals surface area contributed by atoms with Crippen molar-refractivity contribution in [3.8, 4) is 6.07 Å². The molecule has 0 aliphatic rings. The molecule has 0 saturated heterocycles. The molecule has 20 heavy (non-hydrogen) atoms. The second kappa shape index (κ2) is 6.73. The molecule has 0 bridgehead atoms. The topological polar surface area (TPSA) is 91.8 Å². The first kappa shape index (κ1) is 14.1. The summed E-state index contributed by atoms with van der Waals surface area (Å²) >= 11 is 1.19. The van der Waals surface area contributed by atoms with E-state index in [0.717, 1.165) is 0 Å². The Morgan fingerprint density at radius 2 is 2.15 bits per heavy atom. The van der Waals surface area contributed by atoms with Gasteiger partial charge in [0.25, 0.3) is 5.22 Å². The number of hydrogen-bond acceptors (Lipinski definition) is 6. The first-order chi connectivity index (χ1) is 9.71. The zero-order chi connectivity index (χ0) is 14.4. The summed E-state index contributed by atoms with van der Waals surface area (Å²) in [6, 6.07) is 8.68. The van der Waals surface area contributed by atoms with E-state index >= 15 is 0 Å². The molecule has 0 spiro atoms. The molecular weight excluding hydrogens is 276 g/mol. The predicted molar refractivity (Wildman–Crippen MR) is 74.2 cm³/mol. The number of aryl methyl sites for hydroxylation is 1. The van der Waals surface area contributed by atoms with E-state index in [9.17, 15) is 4.79 Å². The van der Waals surface area contributed by atoms with Gasteiger partial charge in [-0.1, -0.05) is 18.7 Å². The van der Waals surface area contributed by atoms with Crippen LogP contribution < -0.4 is 5.32 Å². The molecular formula is C13H12N4O2S. The number of nitrogens with one attached hydrogen (secondary N) is 1. The molecule has 1 aromatic heterocycles. The summed E-state index contributed by atoms with van der Waals surface area (Å²) in [5.74, 6) is 0.571. The summed E-state index contributed by atoms with van der Waals surface area (Å²) in [5, 5.41) is 19.4. The lowest BCUT2D eigenvalue weighted by Crippen LogP contribution is -2.13. The number of hydrogen-bond donors (Lipinski definition) is 1. The fourth-order valence-corrected chi connectivity index (χ4v) is 1.97. The molecule has 1 aromatic carbocycles. The summed E-state index contributed by atoms with van der Waals surface area (Å²) in [5.41, 5.74) is 1.20. The van der Waals surface area contributed by atoms with Gasteiger partial charge in [-0.15, -0.1) is 10.2 Å². The second-order valence-corrected chi connectivity index (χ2v) is 4.77. The highest BCUT2D eigenvalue weighted by Crippen LogP contribution is 2.17. The molecule has 1 amide bonds. The van der Waals surface area contributed by atoms with Gasteiger partial charge in [0.05, 0.1) is 17.4 Å². The van der Waals surface area contributed by atoms with E-state index in [1.807, 2.05) is 13.0 Å². The Kier molecular flexibility index (Phi) is 4.74. The molecule has 7 heteroatoms. The molecule has 0 atom stereocenters. The van der Waals surface area contributed by atoms with Gasteiger partial charge in [0.2, 0.25) is 11.8 Å². The fraction of sp³-hybridized carbons (Fsp3) is 0.231. The summed E-state index contributed by atoms with van der Waals surface area (Å²) in [6.07, 6.45) is 0.672. The van der Waals surface area contributed by atoms with Crippen molar-refractivity contribution < 1.29 is 9.21 Å². The molecule has 1 heterocycles. The summed E-state index contributed by atoms with van der Waals surface area (Å²) in [4.78, 5) is 11.7. The average molecular weight is 288 g/mol. The van der Waals surface area contributed by atoms with Gasteiger partial charge < -0.3 is 9.73 Å². The standard InChI is InChI=1S/C13H12N4O2S/c1-2-12-16-17-13(19-12)20-8-11(18)15-10-5-3-9(7-14)4-6-10/h3-6H,2,8H2,1H3,(H,15,18). The molecule has 2 aromatic rings. The van der Waals surface area contributed by atoms with Crippen molar-refractivity contribution in [1.29, 1.82) is 5.26 Å². The Morgan fingerprint density at radius 3 is 2.75 bits per heavy atom. The molecule has 2 rings (SSSR count). The number of rotatable bonds is 5. The van der Waals surface area contributed by atoms with Gasteiger partial charge in [-0.25, -0.2) is 0 Å². The van der Waals surface area contributed by atoms with Crippen LogP contribution in [0.5, 0.6) is 0 Å². The molecule has 0 aliphatic carbocycles. The van der Waals surface area contributed by atoms with Crippen LogP contribution in [-0.4, -0.2) is 21.9 Å². The third-order valence-corrected chi connectivity index (χ3v) is 3.19. The summed E-state index contributed by atoms with van der Waals surface area (Å²) < 4.78 is 5.29. The van der Waals surface area contributed by atoms with Gasteiger partial charge in [-0.05, 0) is 24.3 Å². The fourth-order valence-electron chi connectivity index (χ4n) is 1.39. The van der Waals surface area contributed by atoms with Crippen molar-refractivity contribution in [3.63, 3.8) is 0 Å². The first-order valence-electron chi connectivity index (χ1n) is 5.96. The van der Waals surface area contributed by atoms with Crippen LogP contribution in [0, 0.1) is 11.3 Å². The van der Waals surface area contributed by atoms with Gasteiger partial charge in [-0.2, -0.15) is 5.26 Å². The molecule has 102 valence electrons. The third-order valence-electron chi connectivity index (χ3n) is 2.38. The lowest BCUT2D eigenvalue weighted by molar-refractivity contribution is -0.113. The second-order valence-electron chi connectivity index (χ2n) is 3.84. The van der Waals surface area contributed by atoms with Crippen molar-refractivity contribution in [1.82, 2.24) is 10.2 Å². The van der Waals surface area contributed by atoms with E-state index in [1.165, 1.54) is 11.8 Å². The molecule has 0 fully saturated rings. The SMILES string of the molecule is CCc1nnc(SCC(=O)Nc2ccc(C#N)cc2)o1. The van der Waals surface area contributed by atoms with Crippen LogP contribution in [0.15, 0.2) is 33.9 Å². The number of amides is 1. The van der Waals surface area contributed by atoms with Crippen LogP contribution in [0.25, 0.3) is 0 Å². The van der Waals surface area contributed by atoms with Crippen molar-refractivity contribution in [2.75, 3.05) is 11.1 Å². The maximum Gasteiger partial charge on any atom is 0.277 e.